The fraction of sp³-hybridized carbons (Fsp3) is 0.344. The summed E-state index contributed by atoms with van der Waals surface area (Å²) in [4.78, 5) is 26.7. The number of aromatic nitrogens is 5. The van der Waals surface area contributed by atoms with E-state index in [4.69, 9.17) is 24.7 Å². The van der Waals surface area contributed by atoms with Crippen molar-refractivity contribution in [3.63, 3.8) is 0 Å². The zero-order valence-electron chi connectivity index (χ0n) is 24.3. The van der Waals surface area contributed by atoms with Gasteiger partial charge in [-0.05, 0) is 48.9 Å². The van der Waals surface area contributed by atoms with Gasteiger partial charge in [-0.25, -0.2) is 23.8 Å². The van der Waals surface area contributed by atoms with E-state index in [1.165, 1.54) is 13.2 Å². The second kappa shape index (κ2) is 11.7. The van der Waals surface area contributed by atoms with Crippen molar-refractivity contribution < 1.29 is 18.7 Å². The number of benzene rings is 2. The third-order valence-electron chi connectivity index (χ3n) is 8.46. The van der Waals surface area contributed by atoms with Gasteiger partial charge in [0.05, 0.1) is 67.3 Å². The van der Waals surface area contributed by atoms with Crippen molar-refractivity contribution in [1.82, 2.24) is 29.2 Å². The molecule has 2 saturated heterocycles. The maximum Gasteiger partial charge on any atom is 0.337 e. The van der Waals surface area contributed by atoms with Crippen LogP contribution in [0.15, 0.2) is 54.7 Å². The second-order valence-electron chi connectivity index (χ2n) is 11.2. The van der Waals surface area contributed by atoms with E-state index in [2.05, 4.69) is 19.5 Å². The number of hydrogen-bond donors (Lipinski definition) is 0. The number of methoxy groups -OCH3 is 1. The normalized spacial score (nSPS) is 17.1. The van der Waals surface area contributed by atoms with Crippen LogP contribution in [0.2, 0.25) is 0 Å². The van der Waals surface area contributed by atoms with Crippen LogP contribution in [-0.2, 0) is 29.1 Å². The third kappa shape index (κ3) is 5.36. The lowest BCUT2D eigenvalue weighted by molar-refractivity contribution is -0.0592. The molecule has 0 bridgehead atoms. The van der Waals surface area contributed by atoms with E-state index in [9.17, 15) is 9.18 Å². The van der Waals surface area contributed by atoms with Crippen LogP contribution < -0.4 is 4.90 Å². The van der Waals surface area contributed by atoms with Crippen LogP contribution in [0.4, 0.5) is 10.2 Å². The van der Waals surface area contributed by atoms with Crippen molar-refractivity contribution in [3.05, 3.63) is 83.1 Å². The average molecular weight is 595 g/mol. The van der Waals surface area contributed by atoms with Gasteiger partial charge in [-0.15, -0.1) is 0 Å². The van der Waals surface area contributed by atoms with E-state index in [0.29, 0.717) is 29.9 Å². The molecule has 0 aliphatic carbocycles. The number of pyridine rings is 1. The number of halogens is 1. The Morgan fingerprint density at radius 2 is 1.93 bits per heavy atom. The summed E-state index contributed by atoms with van der Waals surface area (Å²) in [6.45, 7) is 5.59. The number of carbonyl (C=O) groups excluding carboxylic acids is 1. The third-order valence-corrected chi connectivity index (χ3v) is 8.46. The number of esters is 1. The highest BCUT2D eigenvalue weighted by atomic mass is 19.1. The van der Waals surface area contributed by atoms with Gasteiger partial charge in [-0.1, -0.05) is 6.07 Å². The molecule has 2 aliphatic rings. The van der Waals surface area contributed by atoms with Gasteiger partial charge in [0.1, 0.15) is 17.5 Å². The second-order valence-corrected chi connectivity index (χ2v) is 11.2. The van der Waals surface area contributed by atoms with Gasteiger partial charge in [-0.2, -0.15) is 10.4 Å². The zero-order chi connectivity index (χ0) is 30.2. The first-order chi connectivity index (χ1) is 21.5. The number of carbonyl (C=O) groups is 1. The number of hydrogen-bond acceptors (Lipinski definition) is 9. The van der Waals surface area contributed by atoms with Gasteiger partial charge in [0.25, 0.3) is 0 Å². The number of nitrogens with zero attached hydrogens (tertiary/aromatic N) is 8. The van der Waals surface area contributed by atoms with E-state index in [1.54, 1.807) is 29.1 Å². The molecule has 0 N–H and O–H groups in total. The van der Waals surface area contributed by atoms with Crippen molar-refractivity contribution in [2.75, 3.05) is 44.8 Å². The van der Waals surface area contributed by atoms with Gasteiger partial charge in [-0.3, -0.25) is 4.90 Å². The minimum absolute atomic E-state index is 0.146. The first-order valence-corrected chi connectivity index (χ1v) is 14.7. The van der Waals surface area contributed by atoms with Gasteiger partial charge < -0.3 is 18.9 Å². The fourth-order valence-corrected chi connectivity index (χ4v) is 5.85. The Labute approximate surface area is 253 Å². The van der Waals surface area contributed by atoms with Crippen LogP contribution in [-0.4, -0.2) is 81.2 Å². The van der Waals surface area contributed by atoms with E-state index in [-0.39, 0.29) is 24.2 Å². The highest BCUT2D eigenvalue weighted by Gasteiger charge is 2.25. The summed E-state index contributed by atoms with van der Waals surface area (Å²) >= 11 is 0. The van der Waals surface area contributed by atoms with Crippen LogP contribution in [0.3, 0.4) is 0 Å². The number of imidazole rings is 1. The highest BCUT2D eigenvalue weighted by Crippen LogP contribution is 2.25. The van der Waals surface area contributed by atoms with Gasteiger partial charge in [0, 0.05) is 43.7 Å². The summed E-state index contributed by atoms with van der Waals surface area (Å²) in [6.07, 6.45) is 2.89. The molecule has 7 rings (SSSR count). The minimum Gasteiger partial charge on any atom is -0.465 e. The van der Waals surface area contributed by atoms with Crippen LogP contribution in [0.1, 0.15) is 33.7 Å². The Bertz CT molecular complexity index is 1900. The van der Waals surface area contributed by atoms with Crippen molar-refractivity contribution in [3.8, 4) is 6.07 Å². The molecule has 2 aromatic carbocycles. The predicted octanol–water partition coefficient (Wildman–Crippen LogP) is 3.74. The largest absolute Gasteiger partial charge is 0.465 e. The molecule has 224 valence electrons. The first kappa shape index (κ1) is 27.9. The van der Waals surface area contributed by atoms with E-state index in [0.717, 1.165) is 67.3 Å². The van der Waals surface area contributed by atoms with Crippen molar-refractivity contribution in [1.29, 1.82) is 5.26 Å². The summed E-state index contributed by atoms with van der Waals surface area (Å²) in [5, 5.41) is 14.4. The lowest BCUT2D eigenvalue weighted by atomic mass is 10.1. The van der Waals surface area contributed by atoms with Crippen molar-refractivity contribution >= 4 is 33.9 Å². The molecule has 5 aromatic rings. The molecule has 0 saturated carbocycles. The molecule has 2 aliphatic heterocycles. The summed E-state index contributed by atoms with van der Waals surface area (Å²) in [6, 6.07) is 15.9. The maximum atomic E-state index is 14.6. The Hall–Kier alpha value is -4.86. The Morgan fingerprint density at radius 1 is 1.09 bits per heavy atom. The van der Waals surface area contributed by atoms with Crippen LogP contribution >= 0.6 is 0 Å². The average Bonchev–Trinajstić information content (AvgIpc) is 3.59. The summed E-state index contributed by atoms with van der Waals surface area (Å²) in [5.41, 5.74) is 3.68. The van der Waals surface area contributed by atoms with Crippen LogP contribution in [0.5, 0.6) is 0 Å². The molecule has 44 heavy (non-hydrogen) atoms. The van der Waals surface area contributed by atoms with Gasteiger partial charge >= 0.3 is 5.97 Å². The standard InChI is InChI=1S/C32H31FN8O3/c1-43-32(42)22-4-6-27-28(15-22)40(19-25-8-13-44-25)30(36-27)20-38-9-11-39(12-10-38)29-7-5-23-17-35-41(31(23)37-29)18-24-3-2-21(16-34)14-26(24)33/h2-7,14-15,17,25H,8-13,18-20H2,1H3. The van der Waals surface area contributed by atoms with Gasteiger partial charge in [0.15, 0.2) is 5.65 Å². The van der Waals surface area contributed by atoms with Crippen molar-refractivity contribution in [2.24, 2.45) is 0 Å². The minimum atomic E-state index is -0.433. The molecular weight excluding hydrogens is 563 g/mol. The number of ether oxygens (including phenoxy) is 2. The molecule has 11 nitrogen and oxygen atoms in total. The summed E-state index contributed by atoms with van der Waals surface area (Å²) < 4.78 is 29.1. The smallest absolute Gasteiger partial charge is 0.337 e. The molecule has 12 heteroatoms. The highest BCUT2D eigenvalue weighted by molar-refractivity contribution is 5.93. The number of nitriles is 1. The summed E-state index contributed by atoms with van der Waals surface area (Å²) in [7, 11) is 1.39. The quantitative estimate of drug-likeness (QED) is 0.248. The van der Waals surface area contributed by atoms with Crippen molar-refractivity contribution in [2.45, 2.75) is 32.2 Å². The molecule has 0 radical (unpaired) electrons. The SMILES string of the molecule is COC(=O)c1ccc2nc(CN3CCN(c4ccc5cnn(Cc6ccc(C#N)cc6F)c5n4)CC3)n(CC3CCO3)c2c1. The van der Waals surface area contributed by atoms with Crippen LogP contribution in [0.25, 0.3) is 22.1 Å². The molecule has 5 heterocycles. The Morgan fingerprint density at radius 3 is 2.66 bits per heavy atom. The number of piperazine rings is 1. The number of fused-ring (bicyclic) bond motifs is 2. The molecule has 3 aromatic heterocycles. The monoisotopic (exact) mass is 594 g/mol. The fourth-order valence-electron chi connectivity index (χ4n) is 5.85. The molecule has 1 atom stereocenters. The molecule has 0 amide bonds. The summed E-state index contributed by atoms with van der Waals surface area (Å²) in [5.74, 6) is 1.000. The predicted molar refractivity (Wildman–Crippen MR) is 161 cm³/mol. The van der Waals surface area contributed by atoms with E-state index < -0.39 is 5.82 Å². The molecule has 2 fully saturated rings. The lowest BCUT2D eigenvalue weighted by Gasteiger charge is -2.35. The van der Waals surface area contributed by atoms with Crippen LogP contribution in [0, 0.1) is 17.1 Å². The lowest BCUT2D eigenvalue weighted by Crippen LogP contribution is -2.46. The zero-order valence-corrected chi connectivity index (χ0v) is 24.3. The number of anilines is 1. The van der Waals surface area contributed by atoms with E-state index in [1.807, 2.05) is 30.3 Å². The number of rotatable bonds is 8. The topological polar surface area (TPSA) is 114 Å². The Kier molecular flexibility index (Phi) is 7.41. The van der Waals surface area contributed by atoms with Gasteiger partial charge in [0.2, 0.25) is 0 Å². The molecular formula is C32H31FN8O3. The molecule has 0 spiro atoms. The Balaban J connectivity index is 1.06. The van der Waals surface area contributed by atoms with E-state index >= 15 is 0 Å². The first-order valence-electron chi connectivity index (χ1n) is 14.7. The molecule has 1 unspecified atom stereocenters. The maximum absolute atomic E-state index is 14.6.